The highest BCUT2D eigenvalue weighted by atomic mass is 16.5. The summed E-state index contributed by atoms with van der Waals surface area (Å²) in [6, 6.07) is -0.108. The Balaban J connectivity index is 2.63. The average Bonchev–Trinajstić information content (AvgIpc) is 2.52. The number of hydrogen-bond donors (Lipinski definition) is 1. The van der Waals surface area contributed by atoms with Crippen molar-refractivity contribution in [1.29, 1.82) is 0 Å². The van der Waals surface area contributed by atoms with Crippen LogP contribution in [0, 0.1) is 0 Å². The van der Waals surface area contributed by atoms with Crippen molar-refractivity contribution in [3.8, 4) is 0 Å². The fraction of sp³-hybridized carbons (Fsp3) is 0.750. The van der Waals surface area contributed by atoms with E-state index in [1.807, 2.05) is 6.92 Å². The lowest BCUT2D eigenvalue weighted by Gasteiger charge is -1.98. The molecule has 0 amide bonds. The van der Waals surface area contributed by atoms with Gasteiger partial charge in [0, 0.05) is 6.42 Å². The largest absolute Gasteiger partial charge is 0.338 e. The third kappa shape index (κ3) is 2.04. The Morgan fingerprint density at radius 3 is 2.83 bits per heavy atom. The van der Waals surface area contributed by atoms with Gasteiger partial charge in [0.25, 0.3) is 0 Å². The van der Waals surface area contributed by atoms with E-state index in [2.05, 4.69) is 17.1 Å². The molecule has 1 atom stereocenters. The number of aromatic nitrogens is 2. The second-order valence-electron chi connectivity index (χ2n) is 2.81. The Labute approximate surface area is 72.1 Å². The molecule has 0 saturated carbocycles. The number of nitrogens with zero attached hydrogens (tertiary/aromatic N) is 2. The molecule has 1 rings (SSSR count). The molecule has 2 N–H and O–H groups in total. The summed E-state index contributed by atoms with van der Waals surface area (Å²) >= 11 is 0. The van der Waals surface area contributed by atoms with Gasteiger partial charge in [0.1, 0.15) is 0 Å². The van der Waals surface area contributed by atoms with Gasteiger partial charge in [0.2, 0.25) is 5.89 Å². The van der Waals surface area contributed by atoms with Crippen LogP contribution in [0.4, 0.5) is 0 Å². The Morgan fingerprint density at radius 2 is 2.25 bits per heavy atom. The second-order valence-corrected chi connectivity index (χ2v) is 2.81. The lowest BCUT2D eigenvalue weighted by molar-refractivity contribution is 0.348. The minimum Gasteiger partial charge on any atom is -0.338 e. The Kier molecular flexibility index (Phi) is 3.22. The van der Waals surface area contributed by atoms with Gasteiger partial charge in [-0.15, -0.1) is 0 Å². The molecule has 4 nitrogen and oxygen atoms in total. The van der Waals surface area contributed by atoms with E-state index >= 15 is 0 Å². The van der Waals surface area contributed by atoms with E-state index in [1.165, 1.54) is 0 Å². The summed E-state index contributed by atoms with van der Waals surface area (Å²) in [7, 11) is 0. The van der Waals surface area contributed by atoms with E-state index in [0.717, 1.165) is 25.1 Å². The summed E-state index contributed by atoms with van der Waals surface area (Å²) < 4.78 is 4.98. The van der Waals surface area contributed by atoms with Crippen LogP contribution in [0.5, 0.6) is 0 Å². The van der Waals surface area contributed by atoms with Gasteiger partial charge in [0.15, 0.2) is 5.82 Å². The van der Waals surface area contributed by atoms with Crippen LogP contribution in [0.3, 0.4) is 0 Å². The summed E-state index contributed by atoms with van der Waals surface area (Å²) in [6.07, 6.45) is 2.72. The number of aryl methyl sites for hydroxylation is 1. The summed E-state index contributed by atoms with van der Waals surface area (Å²) in [5.74, 6) is 1.32. The molecule has 0 spiro atoms. The smallest absolute Gasteiger partial charge is 0.243 e. The van der Waals surface area contributed by atoms with Gasteiger partial charge in [0.05, 0.1) is 6.04 Å². The first-order valence-electron chi connectivity index (χ1n) is 4.36. The third-order valence-corrected chi connectivity index (χ3v) is 1.71. The summed E-state index contributed by atoms with van der Waals surface area (Å²) in [6.45, 7) is 4.07. The lowest BCUT2D eigenvalue weighted by atomic mass is 10.2. The van der Waals surface area contributed by atoms with Gasteiger partial charge in [-0.2, -0.15) is 4.98 Å². The van der Waals surface area contributed by atoms with Crippen molar-refractivity contribution in [3.05, 3.63) is 11.7 Å². The van der Waals surface area contributed by atoms with E-state index in [0.29, 0.717) is 5.89 Å². The van der Waals surface area contributed by atoms with Gasteiger partial charge in [-0.05, 0) is 12.8 Å². The van der Waals surface area contributed by atoms with E-state index in [-0.39, 0.29) is 6.04 Å². The molecule has 1 aromatic heterocycles. The van der Waals surface area contributed by atoms with Crippen molar-refractivity contribution in [2.45, 2.75) is 39.2 Å². The van der Waals surface area contributed by atoms with Gasteiger partial charge >= 0.3 is 0 Å². The maximum atomic E-state index is 5.71. The standard InChI is InChI=1S/C8H15N3O/c1-3-5-7-10-8(12-11-7)6(9)4-2/h6H,3-5,9H2,1-2H3/t6-/m1/s1. The molecule has 0 bridgehead atoms. The van der Waals surface area contributed by atoms with E-state index < -0.39 is 0 Å². The molecule has 0 aromatic carbocycles. The van der Waals surface area contributed by atoms with Crippen molar-refractivity contribution in [2.75, 3.05) is 0 Å². The van der Waals surface area contributed by atoms with Gasteiger partial charge in [-0.1, -0.05) is 19.0 Å². The molecule has 1 heterocycles. The van der Waals surface area contributed by atoms with Gasteiger partial charge in [-0.3, -0.25) is 0 Å². The maximum Gasteiger partial charge on any atom is 0.243 e. The second kappa shape index (κ2) is 4.21. The van der Waals surface area contributed by atoms with Crippen LogP contribution in [-0.2, 0) is 6.42 Å². The molecule has 0 saturated heterocycles. The van der Waals surface area contributed by atoms with Crippen molar-refractivity contribution < 1.29 is 4.52 Å². The van der Waals surface area contributed by atoms with Crippen molar-refractivity contribution >= 4 is 0 Å². The number of hydrogen-bond acceptors (Lipinski definition) is 4. The van der Waals surface area contributed by atoms with Crippen molar-refractivity contribution in [3.63, 3.8) is 0 Å². The first-order valence-corrected chi connectivity index (χ1v) is 4.36. The minimum absolute atomic E-state index is 0.108. The minimum atomic E-state index is -0.108. The van der Waals surface area contributed by atoms with Crippen LogP contribution in [0.25, 0.3) is 0 Å². The zero-order chi connectivity index (χ0) is 8.97. The van der Waals surface area contributed by atoms with Crippen LogP contribution in [0.15, 0.2) is 4.52 Å². The first kappa shape index (κ1) is 9.19. The quantitative estimate of drug-likeness (QED) is 0.740. The zero-order valence-electron chi connectivity index (χ0n) is 7.58. The lowest BCUT2D eigenvalue weighted by Crippen LogP contribution is -2.08. The van der Waals surface area contributed by atoms with Gasteiger partial charge < -0.3 is 10.3 Å². The Bertz CT molecular complexity index is 234. The van der Waals surface area contributed by atoms with E-state index in [9.17, 15) is 0 Å². The zero-order valence-corrected chi connectivity index (χ0v) is 7.58. The molecule has 0 radical (unpaired) electrons. The fourth-order valence-corrected chi connectivity index (χ4v) is 0.918. The average molecular weight is 169 g/mol. The molecule has 68 valence electrons. The molecular weight excluding hydrogens is 154 g/mol. The van der Waals surface area contributed by atoms with E-state index in [1.54, 1.807) is 0 Å². The SMILES string of the molecule is CCCc1noc([C@H](N)CC)n1. The molecular formula is C8H15N3O. The third-order valence-electron chi connectivity index (χ3n) is 1.71. The van der Waals surface area contributed by atoms with Crippen molar-refractivity contribution in [1.82, 2.24) is 10.1 Å². The highest BCUT2D eigenvalue weighted by Crippen LogP contribution is 2.10. The number of rotatable bonds is 4. The van der Waals surface area contributed by atoms with Crippen LogP contribution in [0.2, 0.25) is 0 Å². The topological polar surface area (TPSA) is 64.9 Å². The molecule has 0 aliphatic heterocycles. The predicted molar refractivity (Wildman–Crippen MR) is 45.5 cm³/mol. The summed E-state index contributed by atoms with van der Waals surface area (Å²) in [5.41, 5.74) is 5.71. The molecule has 0 fully saturated rings. The normalized spacial score (nSPS) is 13.2. The molecule has 0 unspecified atom stereocenters. The molecule has 0 aliphatic carbocycles. The molecule has 12 heavy (non-hydrogen) atoms. The summed E-state index contributed by atoms with van der Waals surface area (Å²) in [5, 5.41) is 3.81. The molecule has 1 aromatic rings. The van der Waals surface area contributed by atoms with Crippen LogP contribution >= 0.6 is 0 Å². The van der Waals surface area contributed by atoms with Crippen LogP contribution < -0.4 is 5.73 Å². The Hall–Kier alpha value is -0.900. The maximum absolute atomic E-state index is 5.71. The summed E-state index contributed by atoms with van der Waals surface area (Å²) in [4.78, 5) is 4.17. The monoisotopic (exact) mass is 169 g/mol. The van der Waals surface area contributed by atoms with Gasteiger partial charge in [-0.25, -0.2) is 0 Å². The highest BCUT2D eigenvalue weighted by molar-refractivity contribution is 4.91. The Morgan fingerprint density at radius 1 is 1.50 bits per heavy atom. The highest BCUT2D eigenvalue weighted by Gasteiger charge is 2.11. The number of nitrogens with two attached hydrogens (primary N) is 1. The van der Waals surface area contributed by atoms with Crippen LogP contribution in [0.1, 0.15) is 44.4 Å². The van der Waals surface area contributed by atoms with Crippen LogP contribution in [-0.4, -0.2) is 10.1 Å². The molecule has 4 heteroatoms. The predicted octanol–water partition coefficient (Wildman–Crippen LogP) is 1.43. The van der Waals surface area contributed by atoms with Crippen molar-refractivity contribution in [2.24, 2.45) is 5.73 Å². The molecule has 0 aliphatic rings. The fourth-order valence-electron chi connectivity index (χ4n) is 0.918. The first-order chi connectivity index (χ1) is 5.77. The van der Waals surface area contributed by atoms with E-state index in [4.69, 9.17) is 10.3 Å².